The number of allylic oxidation sites excluding steroid dienone is 1. The molecule has 2 N–H and O–H groups in total. The van der Waals surface area contributed by atoms with E-state index in [0.29, 0.717) is 45.5 Å². The highest BCUT2D eigenvalue weighted by Gasteiger charge is 2.21. The second-order valence-corrected chi connectivity index (χ2v) is 12.9. The Labute approximate surface area is 221 Å². The van der Waals surface area contributed by atoms with Gasteiger partial charge in [0.2, 0.25) is 0 Å². The largest absolute Gasteiger partial charge is 0.339 e. The molecule has 1 aliphatic heterocycles. The standard InChI is InChI=1S/C29H29FN4O3S/c1-17-22(13-21(30)14-24(17)34-28(35)19-5-7-20(8-6-19)29(2,3)4)26-23-15-25(33-27(23)32-16-31-26)18-9-11-38(36,37)12-10-18/h5-9,13-16H,10-12H2,1-4H3,(H,34,35)(H,31,32,33). The zero-order valence-electron chi connectivity index (χ0n) is 21.7. The topological polar surface area (TPSA) is 105 Å². The lowest BCUT2D eigenvalue weighted by Crippen LogP contribution is -2.15. The molecule has 4 aromatic rings. The van der Waals surface area contributed by atoms with E-state index in [1.807, 2.05) is 25.1 Å². The van der Waals surface area contributed by atoms with E-state index in [-0.39, 0.29) is 22.8 Å². The Balaban J connectivity index is 1.49. The van der Waals surface area contributed by atoms with Crippen molar-refractivity contribution >= 4 is 38.0 Å². The molecular formula is C29H29FN4O3S. The number of hydrogen-bond acceptors (Lipinski definition) is 5. The van der Waals surface area contributed by atoms with E-state index < -0.39 is 15.7 Å². The first-order valence-electron chi connectivity index (χ1n) is 12.4. The van der Waals surface area contributed by atoms with Gasteiger partial charge < -0.3 is 10.3 Å². The second kappa shape index (κ2) is 9.47. The van der Waals surface area contributed by atoms with Gasteiger partial charge in [-0.25, -0.2) is 22.8 Å². The summed E-state index contributed by atoms with van der Waals surface area (Å²) in [7, 11) is -3.05. The van der Waals surface area contributed by atoms with Crippen LogP contribution in [0.1, 0.15) is 54.4 Å². The van der Waals surface area contributed by atoms with Crippen LogP contribution in [-0.2, 0) is 15.3 Å². The summed E-state index contributed by atoms with van der Waals surface area (Å²) in [6.45, 7) is 8.12. The van der Waals surface area contributed by atoms with Crippen LogP contribution in [0.15, 0.2) is 54.9 Å². The van der Waals surface area contributed by atoms with Gasteiger partial charge in [-0.3, -0.25) is 4.79 Å². The van der Waals surface area contributed by atoms with Crippen molar-refractivity contribution in [1.82, 2.24) is 15.0 Å². The van der Waals surface area contributed by atoms with E-state index in [0.717, 1.165) is 16.8 Å². The lowest BCUT2D eigenvalue weighted by atomic mass is 9.86. The molecule has 1 amide bonds. The molecule has 38 heavy (non-hydrogen) atoms. The van der Waals surface area contributed by atoms with E-state index in [1.54, 1.807) is 18.2 Å². The number of aromatic nitrogens is 3. The molecule has 7 nitrogen and oxygen atoms in total. The van der Waals surface area contributed by atoms with Gasteiger partial charge in [-0.15, -0.1) is 0 Å². The minimum Gasteiger partial charge on any atom is -0.339 e. The molecule has 196 valence electrons. The van der Waals surface area contributed by atoms with E-state index in [2.05, 4.69) is 41.0 Å². The maximum Gasteiger partial charge on any atom is 0.255 e. The average Bonchev–Trinajstić information content (AvgIpc) is 3.30. The second-order valence-electron chi connectivity index (χ2n) is 10.7. The first-order chi connectivity index (χ1) is 17.9. The minimum atomic E-state index is -3.05. The molecule has 0 saturated carbocycles. The van der Waals surface area contributed by atoms with Crippen molar-refractivity contribution in [2.24, 2.45) is 0 Å². The van der Waals surface area contributed by atoms with Gasteiger partial charge in [-0.05, 0) is 65.8 Å². The molecule has 0 radical (unpaired) electrons. The number of fused-ring (bicyclic) bond motifs is 1. The Morgan fingerprint density at radius 3 is 2.47 bits per heavy atom. The molecule has 3 heterocycles. The molecule has 0 unspecified atom stereocenters. The molecule has 0 aliphatic carbocycles. The number of nitrogens with zero attached hydrogens (tertiary/aromatic N) is 2. The van der Waals surface area contributed by atoms with Crippen LogP contribution in [-0.4, -0.2) is 40.8 Å². The molecule has 2 aromatic heterocycles. The molecule has 2 aromatic carbocycles. The van der Waals surface area contributed by atoms with E-state index >= 15 is 0 Å². The molecule has 0 fully saturated rings. The average molecular weight is 533 g/mol. The number of amides is 1. The third kappa shape index (κ3) is 5.11. The fourth-order valence-corrected chi connectivity index (χ4v) is 5.77. The van der Waals surface area contributed by atoms with Crippen LogP contribution in [0.3, 0.4) is 0 Å². The highest BCUT2D eigenvalue weighted by molar-refractivity contribution is 7.91. The number of halogens is 1. The van der Waals surface area contributed by atoms with Crippen molar-refractivity contribution in [2.75, 3.05) is 16.8 Å². The number of nitrogens with one attached hydrogen (secondary N) is 2. The fraction of sp³-hybridized carbons (Fsp3) is 0.276. The van der Waals surface area contributed by atoms with Gasteiger partial charge in [-0.1, -0.05) is 39.0 Å². The van der Waals surface area contributed by atoms with Crippen LogP contribution in [0, 0.1) is 12.7 Å². The lowest BCUT2D eigenvalue weighted by Gasteiger charge is -2.19. The van der Waals surface area contributed by atoms with Crippen molar-refractivity contribution in [2.45, 2.75) is 39.5 Å². The summed E-state index contributed by atoms with van der Waals surface area (Å²) in [5.41, 5.74) is 5.84. The van der Waals surface area contributed by atoms with E-state index in [9.17, 15) is 17.6 Å². The summed E-state index contributed by atoms with van der Waals surface area (Å²) < 4.78 is 38.5. The zero-order valence-corrected chi connectivity index (χ0v) is 22.5. The fourth-order valence-electron chi connectivity index (χ4n) is 4.62. The quantitative estimate of drug-likeness (QED) is 0.344. The number of benzene rings is 2. The number of aromatic amines is 1. The maximum atomic E-state index is 14.8. The van der Waals surface area contributed by atoms with Crippen LogP contribution in [0.4, 0.5) is 10.1 Å². The van der Waals surface area contributed by atoms with Gasteiger partial charge in [-0.2, -0.15) is 0 Å². The van der Waals surface area contributed by atoms with Crippen molar-refractivity contribution in [1.29, 1.82) is 0 Å². The molecule has 0 saturated heterocycles. The van der Waals surface area contributed by atoms with Crippen LogP contribution < -0.4 is 5.32 Å². The maximum absolute atomic E-state index is 14.8. The van der Waals surface area contributed by atoms with Crippen molar-refractivity contribution in [3.05, 3.63) is 83.1 Å². The number of sulfone groups is 1. The zero-order chi connectivity index (χ0) is 27.2. The Bertz CT molecular complexity index is 1700. The number of H-pyrrole nitrogens is 1. The van der Waals surface area contributed by atoms with Crippen molar-refractivity contribution in [3.8, 4) is 11.3 Å². The third-order valence-electron chi connectivity index (χ3n) is 6.93. The molecule has 9 heteroatoms. The van der Waals surface area contributed by atoms with Gasteiger partial charge in [0.05, 0.1) is 17.2 Å². The summed E-state index contributed by atoms with van der Waals surface area (Å²) in [5.74, 6) is -0.744. The highest BCUT2D eigenvalue weighted by atomic mass is 32.2. The van der Waals surface area contributed by atoms with E-state index in [1.165, 1.54) is 18.5 Å². The number of carbonyl (C=O) groups excluding carboxylic acids is 1. The first kappa shape index (κ1) is 25.8. The SMILES string of the molecule is Cc1c(NC(=O)c2ccc(C(C)(C)C)cc2)cc(F)cc1-c1ncnc2[nH]c(C3=CCS(=O)(=O)CC3)cc12. The molecule has 0 bridgehead atoms. The number of carbonyl (C=O) groups is 1. The van der Waals surface area contributed by atoms with Gasteiger partial charge in [0, 0.05) is 27.9 Å². The summed E-state index contributed by atoms with van der Waals surface area (Å²) in [6, 6.07) is 12.0. The van der Waals surface area contributed by atoms with Gasteiger partial charge in [0.25, 0.3) is 5.91 Å². The number of anilines is 1. The normalized spacial score (nSPS) is 15.3. The Morgan fingerprint density at radius 2 is 1.82 bits per heavy atom. The molecule has 0 atom stereocenters. The smallest absolute Gasteiger partial charge is 0.255 e. The van der Waals surface area contributed by atoms with Crippen molar-refractivity contribution < 1.29 is 17.6 Å². The molecule has 5 rings (SSSR count). The van der Waals surface area contributed by atoms with Crippen molar-refractivity contribution in [3.63, 3.8) is 0 Å². The minimum absolute atomic E-state index is 0.00122. The molecule has 0 spiro atoms. The van der Waals surface area contributed by atoms with E-state index in [4.69, 9.17) is 0 Å². The van der Waals surface area contributed by atoms with Gasteiger partial charge in [0.15, 0.2) is 9.84 Å². The molecule has 1 aliphatic rings. The number of rotatable bonds is 4. The van der Waals surface area contributed by atoms with Gasteiger partial charge in [0.1, 0.15) is 17.8 Å². The lowest BCUT2D eigenvalue weighted by molar-refractivity contribution is 0.102. The monoisotopic (exact) mass is 532 g/mol. The Kier molecular flexibility index (Phi) is 6.43. The first-order valence-corrected chi connectivity index (χ1v) is 14.2. The highest BCUT2D eigenvalue weighted by Crippen LogP contribution is 2.35. The Morgan fingerprint density at radius 1 is 1.08 bits per heavy atom. The Hall–Kier alpha value is -3.85. The van der Waals surface area contributed by atoms with Crippen LogP contribution in [0.25, 0.3) is 27.9 Å². The van der Waals surface area contributed by atoms with Crippen LogP contribution in [0.5, 0.6) is 0 Å². The third-order valence-corrected chi connectivity index (χ3v) is 8.43. The summed E-state index contributed by atoms with van der Waals surface area (Å²) in [5, 5.41) is 3.53. The summed E-state index contributed by atoms with van der Waals surface area (Å²) in [6.07, 6.45) is 3.52. The van der Waals surface area contributed by atoms with Crippen LogP contribution in [0.2, 0.25) is 0 Å². The molecular weight excluding hydrogens is 503 g/mol. The predicted molar refractivity (Wildman–Crippen MR) is 148 cm³/mol. The van der Waals surface area contributed by atoms with Crippen LogP contribution >= 0.6 is 0 Å². The number of hydrogen-bond donors (Lipinski definition) is 2. The van der Waals surface area contributed by atoms with Gasteiger partial charge >= 0.3 is 0 Å². The summed E-state index contributed by atoms with van der Waals surface area (Å²) >= 11 is 0. The summed E-state index contributed by atoms with van der Waals surface area (Å²) in [4.78, 5) is 25.0. The predicted octanol–water partition coefficient (Wildman–Crippen LogP) is 5.82.